The van der Waals surface area contributed by atoms with Gasteiger partial charge in [0, 0.05) is 5.56 Å². The first kappa shape index (κ1) is 16.7. The molecule has 0 aliphatic rings. The maximum atomic E-state index is 12.4. The van der Waals surface area contributed by atoms with Crippen molar-refractivity contribution < 1.29 is 14.3 Å². The number of aryl methyl sites for hydroxylation is 1. The first-order valence-corrected chi connectivity index (χ1v) is 7.62. The van der Waals surface area contributed by atoms with Gasteiger partial charge in [-0.25, -0.2) is 4.79 Å². The summed E-state index contributed by atoms with van der Waals surface area (Å²) in [6, 6.07) is 15.4. The molecule has 0 saturated heterocycles. The van der Waals surface area contributed by atoms with Crippen LogP contribution < -0.4 is 10.1 Å². The number of rotatable bonds is 5. The van der Waals surface area contributed by atoms with Crippen LogP contribution in [0.3, 0.4) is 0 Å². The van der Waals surface area contributed by atoms with Crippen molar-refractivity contribution in [2.75, 3.05) is 0 Å². The summed E-state index contributed by atoms with van der Waals surface area (Å²) in [5.41, 5.74) is 1.43. The SMILES string of the molecule is Cc1ccccc1C(=O)N[C@H](C(=O)Oc1ccccc1)C(C)C. The number of hydrogen-bond acceptors (Lipinski definition) is 3. The molecular formula is C19H21NO3. The molecule has 0 aromatic heterocycles. The predicted molar refractivity (Wildman–Crippen MR) is 89.3 cm³/mol. The number of nitrogens with one attached hydrogen (secondary N) is 1. The summed E-state index contributed by atoms with van der Waals surface area (Å²) in [5.74, 6) is -0.354. The van der Waals surface area contributed by atoms with Gasteiger partial charge < -0.3 is 10.1 Å². The lowest BCUT2D eigenvalue weighted by molar-refractivity contribution is -0.137. The zero-order valence-electron chi connectivity index (χ0n) is 13.6. The van der Waals surface area contributed by atoms with Gasteiger partial charge in [0.05, 0.1) is 0 Å². The molecule has 0 heterocycles. The minimum Gasteiger partial charge on any atom is -0.425 e. The van der Waals surface area contributed by atoms with Gasteiger partial charge in [-0.3, -0.25) is 4.79 Å². The lowest BCUT2D eigenvalue weighted by Gasteiger charge is -2.21. The van der Waals surface area contributed by atoms with Gasteiger partial charge in [-0.15, -0.1) is 0 Å². The Bertz CT molecular complexity index is 680. The minimum absolute atomic E-state index is 0.0841. The highest BCUT2D eigenvalue weighted by Crippen LogP contribution is 2.13. The van der Waals surface area contributed by atoms with E-state index in [9.17, 15) is 9.59 Å². The largest absolute Gasteiger partial charge is 0.425 e. The lowest BCUT2D eigenvalue weighted by Crippen LogP contribution is -2.46. The van der Waals surface area contributed by atoms with Gasteiger partial charge in [-0.1, -0.05) is 50.2 Å². The third kappa shape index (κ3) is 4.42. The molecule has 2 rings (SSSR count). The quantitative estimate of drug-likeness (QED) is 0.680. The van der Waals surface area contributed by atoms with E-state index in [0.29, 0.717) is 11.3 Å². The summed E-state index contributed by atoms with van der Waals surface area (Å²) in [5, 5.41) is 2.78. The Labute approximate surface area is 136 Å². The monoisotopic (exact) mass is 311 g/mol. The summed E-state index contributed by atoms with van der Waals surface area (Å²) in [6.07, 6.45) is 0. The smallest absolute Gasteiger partial charge is 0.334 e. The van der Waals surface area contributed by atoms with Crippen molar-refractivity contribution in [2.24, 2.45) is 5.92 Å². The fourth-order valence-electron chi connectivity index (χ4n) is 2.21. The van der Waals surface area contributed by atoms with E-state index in [1.807, 2.05) is 39.0 Å². The topological polar surface area (TPSA) is 55.4 Å². The number of hydrogen-bond donors (Lipinski definition) is 1. The highest BCUT2D eigenvalue weighted by molar-refractivity contribution is 5.98. The van der Waals surface area contributed by atoms with Gasteiger partial charge in [0.2, 0.25) is 0 Å². The minimum atomic E-state index is -0.706. The van der Waals surface area contributed by atoms with Crippen LogP contribution in [-0.2, 0) is 4.79 Å². The molecule has 0 radical (unpaired) electrons. The molecule has 1 N–H and O–H groups in total. The highest BCUT2D eigenvalue weighted by Gasteiger charge is 2.27. The normalized spacial score (nSPS) is 11.8. The maximum Gasteiger partial charge on any atom is 0.334 e. The van der Waals surface area contributed by atoms with Crippen molar-refractivity contribution in [3.63, 3.8) is 0 Å². The summed E-state index contributed by atoms with van der Waals surface area (Å²) in [6.45, 7) is 5.60. The Morgan fingerprint density at radius 2 is 1.57 bits per heavy atom. The Hall–Kier alpha value is -2.62. The standard InChI is InChI=1S/C19H21NO3/c1-13(2)17(19(22)23-15-10-5-4-6-11-15)20-18(21)16-12-8-7-9-14(16)3/h4-13,17H,1-3H3,(H,20,21)/t17-/m0/s1. The zero-order valence-corrected chi connectivity index (χ0v) is 13.6. The molecule has 23 heavy (non-hydrogen) atoms. The molecule has 0 aliphatic heterocycles. The Balaban J connectivity index is 2.11. The van der Waals surface area contributed by atoms with Crippen LogP contribution in [0.5, 0.6) is 5.75 Å². The number of carbonyl (C=O) groups is 2. The molecule has 2 aromatic rings. The number of amides is 1. The molecule has 1 atom stereocenters. The van der Waals surface area contributed by atoms with E-state index in [-0.39, 0.29) is 11.8 Å². The molecular weight excluding hydrogens is 290 g/mol. The number of benzene rings is 2. The van der Waals surface area contributed by atoms with Crippen molar-refractivity contribution >= 4 is 11.9 Å². The number of ether oxygens (including phenoxy) is 1. The fourth-order valence-corrected chi connectivity index (χ4v) is 2.21. The van der Waals surface area contributed by atoms with Gasteiger partial charge in [0.15, 0.2) is 0 Å². The predicted octanol–water partition coefficient (Wildman–Crippen LogP) is 3.36. The summed E-state index contributed by atoms with van der Waals surface area (Å²) >= 11 is 0. The second kappa shape index (κ2) is 7.58. The van der Waals surface area contributed by atoms with E-state index in [0.717, 1.165) is 5.56 Å². The first-order chi connectivity index (χ1) is 11.0. The van der Waals surface area contributed by atoms with Crippen molar-refractivity contribution in [3.8, 4) is 5.75 Å². The third-order valence-electron chi connectivity index (χ3n) is 3.56. The van der Waals surface area contributed by atoms with Crippen LogP contribution in [-0.4, -0.2) is 17.9 Å². The van der Waals surface area contributed by atoms with Crippen LogP contribution >= 0.6 is 0 Å². The van der Waals surface area contributed by atoms with Crippen molar-refractivity contribution in [1.29, 1.82) is 0 Å². The van der Waals surface area contributed by atoms with Crippen molar-refractivity contribution in [2.45, 2.75) is 26.8 Å². The van der Waals surface area contributed by atoms with Crippen LogP contribution in [0, 0.1) is 12.8 Å². The van der Waals surface area contributed by atoms with Crippen LogP contribution in [0.25, 0.3) is 0 Å². The van der Waals surface area contributed by atoms with E-state index in [2.05, 4.69) is 5.32 Å². The molecule has 4 heteroatoms. The number of esters is 1. The van der Waals surface area contributed by atoms with E-state index >= 15 is 0 Å². The van der Waals surface area contributed by atoms with Crippen molar-refractivity contribution in [1.82, 2.24) is 5.32 Å². The van der Waals surface area contributed by atoms with Gasteiger partial charge in [-0.2, -0.15) is 0 Å². The number of para-hydroxylation sites is 1. The van der Waals surface area contributed by atoms with Crippen LogP contribution in [0.1, 0.15) is 29.8 Å². The second-order valence-corrected chi connectivity index (χ2v) is 5.74. The van der Waals surface area contributed by atoms with Crippen molar-refractivity contribution in [3.05, 3.63) is 65.7 Å². The average molecular weight is 311 g/mol. The summed E-state index contributed by atoms with van der Waals surface area (Å²) in [7, 11) is 0. The van der Waals surface area contributed by atoms with Gasteiger partial charge >= 0.3 is 5.97 Å². The van der Waals surface area contributed by atoms with E-state index in [1.54, 1.807) is 36.4 Å². The fraction of sp³-hybridized carbons (Fsp3) is 0.263. The average Bonchev–Trinajstić information content (AvgIpc) is 2.53. The molecule has 1 amide bonds. The van der Waals surface area contributed by atoms with Gasteiger partial charge in [0.1, 0.15) is 11.8 Å². The molecule has 2 aromatic carbocycles. The Kier molecular flexibility index (Phi) is 5.52. The molecule has 4 nitrogen and oxygen atoms in total. The van der Waals surface area contributed by atoms with Gasteiger partial charge in [-0.05, 0) is 36.6 Å². The Morgan fingerprint density at radius 1 is 0.957 bits per heavy atom. The molecule has 0 unspecified atom stereocenters. The zero-order chi connectivity index (χ0) is 16.8. The Morgan fingerprint density at radius 3 is 2.17 bits per heavy atom. The van der Waals surface area contributed by atoms with Gasteiger partial charge in [0.25, 0.3) is 5.91 Å². The molecule has 0 fully saturated rings. The first-order valence-electron chi connectivity index (χ1n) is 7.62. The number of carbonyl (C=O) groups excluding carboxylic acids is 2. The van der Waals surface area contributed by atoms with E-state index in [1.165, 1.54) is 0 Å². The summed E-state index contributed by atoms with van der Waals surface area (Å²) < 4.78 is 5.35. The molecule has 120 valence electrons. The van der Waals surface area contributed by atoms with Crippen LogP contribution in [0.4, 0.5) is 0 Å². The maximum absolute atomic E-state index is 12.4. The van der Waals surface area contributed by atoms with E-state index < -0.39 is 12.0 Å². The molecule has 0 bridgehead atoms. The molecule has 0 aliphatic carbocycles. The lowest BCUT2D eigenvalue weighted by atomic mass is 10.0. The third-order valence-corrected chi connectivity index (χ3v) is 3.56. The van der Waals surface area contributed by atoms with Crippen LogP contribution in [0.2, 0.25) is 0 Å². The van der Waals surface area contributed by atoms with Crippen LogP contribution in [0.15, 0.2) is 54.6 Å². The van der Waals surface area contributed by atoms with E-state index in [4.69, 9.17) is 4.74 Å². The molecule has 0 spiro atoms. The second-order valence-electron chi connectivity index (χ2n) is 5.74. The highest BCUT2D eigenvalue weighted by atomic mass is 16.5. The molecule has 0 saturated carbocycles. The summed E-state index contributed by atoms with van der Waals surface area (Å²) in [4.78, 5) is 24.8.